The van der Waals surface area contributed by atoms with Crippen LogP contribution in [0.3, 0.4) is 0 Å². The van der Waals surface area contributed by atoms with Gasteiger partial charge in [-0.1, -0.05) is 22.4 Å². The molecule has 2 N–H and O–H groups in total. The van der Waals surface area contributed by atoms with E-state index in [0.717, 1.165) is 5.33 Å². The Bertz CT molecular complexity index is 465. The van der Waals surface area contributed by atoms with Crippen molar-refractivity contribution < 1.29 is 9.90 Å². The Balaban J connectivity index is 1.92. The molecule has 5 heteroatoms. The van der Waals surface area contributed by atoms with Gasteiger partial charge in [-0.25, -0.2) is 0 Å². The first-order valence-electron chi connectivity index (χ1n) is 6.44. The fraction of sp³-hybridized carbons (Fsp3) is 0.500. The van der Waals surface area contributed by atoms with Crippen LogP contribution >= 0.6 is 31.9 Å². The molecule has 1 aliphatic carbocycles. The summed E-state index contributed by atoms with van der Waals surface area (Å²) in [5, 5.41) is 13.5. The number of aromatic hydroxyl groups is 1. The Morgan fingerprint density at radius 2 is 2.11 bits per heavy atom. The van der Waals surface area contributed by atoms with Gasteiger partial charge in [0, 0.05) is 17.4 Å². The largest absolute Gasteiger partial charge is 0.507 e. The van der Waals surface area contributed by atoms with Crippen LogP contribution in [0.5, 0.6) is 5.75 Å². The molecule has 2 unspecified atom stereocenters. The maximum absolute atomic E-state index is 12.0. The van der Waals surface area contributed by atoms with Gasteiger partial charge in [0.1, 0.15) is 5.75 Å². The van der Waals surface area contributed by atoms with E-state index in [1.165, 1.54) is 25.3 Å². The highest BCUT2D eigenvalue weighted by Crippen LogP contribution is 2.32. The molecule has 1 aromatic rings. The third kappa shape index (κ3) is 3.72. The molecule has 2 atom stereocenters. The first-order chi connectivity index (χ1) is 9.11. The van der Waals surface area contributed by atoms with Crippen LogP contribution in [0.15, 0.2) is 22.7 Å². The summed E-state index contributed by atoms with van der Waals surface area (Å²) in [6.07, 6.45) is 3.67. The van der Waals surface area contributed by atoms with Crippen molar-refractivity contribution in [3.8, 4) is 5.75 Å². The standard InChI is InChI=1S/C14H17Br2NO2/c15-7-10-2-1-3-11(10)8-17-14(19)9-4-5-12(16)13(18)6-9/h4-6,10-11,18H,1-3,7-8H2,(H,17,19). The molecule has 1 aliphatic rings. The van der Waals surface area contributed by atoms with E-state index in [0.29, 0.717) is 28.4 Å². The van der Waals surface area contributed by atoms with Crippen molar-refractivity contribution in [1.82, 2.24) is 5.32 Å². The molecule has 0 bridgehead atoms. The summed E-state index contributed by atoms with van der Waals surface area (Å²) in [7, 11) is 0. The molecule has 0 aromatic heterocycles. The maximum atomic E-state index is 12.0. The number of benzene rings is 1. The van der Waals surface area contributed by atoms with Crippen molar-refractivity contribution in [2.45, 2.75) is 19.3 Å². The van der Waals surface area contributed by atoms with E-state index in [2.05, 4.69) is 37.2 Å². The number of halogens is 2. The Morgan fingerprint density at radius 3 is 2.79 bits per heavy atom. The number of phenols is 1. The Kier molecular flexibility index (Phi) is 5.28. The molecule has 0 saturated heterocycles. The minimum Gasteiger partial charge on any atom is -0.507 e. The fourth-order valence-corrected chi connectivity index (χ4v) is 3.66. The van der Waals surface area contributed by atoms with E-state index in [-0.39, 0.29) is 11.7 Å². The van der Waals surface area contributed by atoms with E-state index in [9.17, 15) is 9.90 Å². The second-order valence-electron chi connectivity index (χ2n) is 4.98. The van der Waals surface area contributed by atoms with E-state index in [1.54, 1.807) is 12.1 Å². The average molecular weight is 391 g/mol. The lowest BCUT2D eigenvalue weighted by atomic mass is 9.98. The highest BCUT2D eigenvalue weighted by atomic mass is 79.9. The summed E-state index contributed by atoms with van der Waals surface area (Å²) < 4.78 is 0.596. The summed E-state index contributed by atoms with van der Waals surface area (Å²) in [6, 6.07) is 4.87. The van der Waals surface area contributed by atoms with Crippen LogP contribution in [0.25, 0.3) is 0 Å². The predicted molar refractivity (Wildman–Crippen MR) is 82.8 cm³/mol. The second kappa shape index (κ2) is 6.75. The van der Waals surface area contributed by atoms with E-state index < -0.39 is 0 Å². The monoisotopic (exact) mass is 389 g/mol. The van der Waals surface area contributed by atoms with Gasteiger partial charge in [0.2, 0.25) is 0 Å². The number of hydrogen-bond donors (Lipinski definition) is 2. The molecule has 104 valence electrons. The Labute approximate surface area is 130 Å². The molecular formula is C14H17Br2NO2. The molecule has 0 spiro atoms. The van der Waals surface area contributed by atoms with E-state index in [1.807, 2.05) is 0 Å². The Hall–Kier alpha value is -0.550. The number of phenolic OH excluding ortho intramolecular Hbond substituents is 1. The number of rotatable bonds is 4. The highest BCUT2D eigenvalue weighted by molar-refractivity contribution is 9.10. The van der Waals surface area contributed by atoms with Crippen molar-refractivity contribution in [3.05, 3.63) is 28.2 Å². The molecule has 19 heavy (non-hydrogen) atoms. The molecule has 0 radical (unpaired) electrons. The predicted octanol–water partition coefficient (Wildman–Crippen LogP) is 3.70. The molecule has 1 aromatic carbocycles. The highest BCUT2D eigenvalue weighted by Gasteiger charge is 2.26. The third-order valence-electron chi connectivity index (χ3n) is 3.75. The summed E-state index contributed by atoms with van der Waals surface area (Å²) in [5.74, 6) is 1.20. The lowest BCUT2D eigenvalue weighted by Crippen LogP contribution is -2.31. The van der Waals surface area contributed by atoms with Crippen LogP contribution in [0.2, 0.25) is 0 Å². The summed E-state index contributed by atoms with van der Waals surface area (Å²) in [6.45, 7) is 0.714. The normalized spacial score (nSPS) is 22.4. The van der Waals surface area contributed by atoms with Crippen LogP contribution in [0, 0.1) is 11.8 Å². The molecule has 1 saturated carbocycles. The van der Waals surface area contributed by atoms with Gasteiger partial charge >= 0.3 is 0 Å². The molecule has 1 fully saturated rings. The zero-order chi connectivity index (χ0) is 13.8. The van der Waals surface area contributed by atoms with Gasteiger partial charge in [-0.3, -0.25) is 4.79 Å². The zero-order valence-corrected chi connectivity index (χ0v) is 13.7. The summed E-state index contributed by atoms with van der Waals surface area (Å²) in [4.78, 5) is 12.0. The van der Waals surface area contributed by atoms with Crippen LogP contribution in [-0.4, -0.2) is 22.9 Å². The molecule has 1 amide bonds. The van der Waals surface area contributed by atoms with Gasteiger partial charge in [0.05, 0.1) is 4.47 Å². The van der Waals surface area contributed by atoms with E-state index >= 15 is 0 Å². The quantitative estimate of drug-likeness (QED) is 0.770. The smallest absolute Gasteiger partial charge is 0.251 e. The SMILES string of the molecule is O=C(NCC1CCCC1CBr)c1ccc(Br)c(O)c1. The number of nitrogens with one attached hydrogen (secondary N) is 1. The van der Waals surface area contributed by atoms with Gasteiger partial charge in [0.15, 0.2) is 0 Å². The average Bonchev–Trinajstić information content (AvgIpc) is 2.86. The number of hydrogen-bond acceptors (Lipinski definition) is 2. The van der Waals surface area contributed by atoms with Gasteiger partial charge in [-0.05, 0) is 58.8 Å². The summed E-state index contributed by atoms with van der Waals surface area (Å²) >= 11 is 6.74. The van der Waals surface area contributed by atoms with Crippen LogP contribution in [0.4, 0.5) is 0 Å². The molecule has 0 aliphatic heterocycles. The van der Waals surface area contributed by atoms with E-state index in [4.69, 9.17) is 0 Å². The number of carbonyl (C=O) groups is 1. The van der Waals surface area contributed by atoms with Crippen LogP contribution < -0.4 is 5.32 Å². The van der Waals surface area contributed by atoms with Gasteiger partial charge in [0.25, 0.3) is 5.91 Å². The lowest BCUT2D eigenvalue weighted by Gasteiger charge is -2.17. The minimum atomic E-state index is -0.122. The topological polar surface area (TPSA) is 49.3 Å². The van der Waals surface area contributed by atoms with Crippen molar-refractivity contribution in [2.24, 2.45) is 11.8 Å². The lowest BCUT2D eigenvalue weighted by molar-refractivity contribution is 0.0944. The number of alkyl halides is 1. The summed E-state index contributed by atoms with van der Waals surface area (Å²) in [5.41, 5.74) is 0.495. The number of amides is 1. The molecule has 3 nitrogen and oxygen atoms in total. The molecule has 2 rings (SSSR count). The first-order valence-corrected chi connectivity index (χ1v) is 8.36. The maximum Gasteiger partial charge on any atom is 0.251 e. The third-order valence-corrected chi connectivity index (χ3v) is 5.25. The molecular weight excluding hydrogens is 374 g/mol. The molecule has 0 heterocycles. The zero-order valence-electron chi connectivity index (χ0n) is 10.5. The Morgan fingerprint density at radius 1 is 1.37 bits per heavy atom. The number of carbonyl (C=O) groups excluding carboxylic acids is 1. The fourth-order valence-electron chi connectivity index (χ4n) is 2.57. The van der Waals surface area contributed by atoms with Gasteiger partial charge < -0.3 is 10.4 Å². The van der Waals surface area contributed by atoms with Crippen LogP contribution in [0.1, 0.15) is 29.6 Å². The van der Waals surface area contributed by atoms with Gasteiger partial charge in [-0.2, -0.15) is 0 Å². The van der Waals surface area contributed by atoms with Crippen molar-refractivity contribution in [3.63, 3.8) is 0 Å². The van der Waals surface area contributed by atoms with Gasteiger partial charge in [-0.15, -0.1) is 0 Å². The van der Waals surface area contributed by atoms with Crippen molar-refractivity contribution in [1.29, 1.82) is 0 Å². The minimum absolute atomic E-state index is 0.0897. The second-order valence-corrected chi connectivity index (χ2v) is 6.48. The van der Waals surface area contributed by atoms with Crippen LogP contribution in [-0.2, 0) is 0 Å². The van der Waals surface area contributed by atoms with Crippen molar-refractivity contribution in [2.75, 3.05) is 11.9 Å². The van der Waals surface area contributed by atoms with Crippen molar-refractivity contribution >= 4 is 37.8 Å². The first kappa shape index (κ1) is 14.9.